The molecule has 3 aromatic rings. The van der Waals surface area contributed by atoms with Gasteiger partial charge in [-0.25, -0.2) is 0 Å². The summed E-state index contributed by atoms with van der Waals surface area (Å²) >= 11 is 0. The van der Waals surface area contributed by atoms with E-state index in [0.717, 1.165) is 16.8 Å². The Morgan fingerprint density at radius 2 is 1.56 bits per heavy atom. The zero-order valence-electron chi connectivity index (χ0n) is 15.7. The van der Waals surface area contributed by atoms with Gasteiger partial charge >= 0.3 is 0 Å². The van der Waals surface area contributed by atoms with E-state index in [0.29, 0.717) is 0 Å². The maximum absolute atomic E-state index is 4.35. The molecular formula is C24H21IrN2-. The smallest absolute Gasteiger partial charge is 0.286 e. The molecule has 1 aliphatic carbocycles. The first-order chi connectivity index (χ1) is 12.5. The molecule has 0 aliphatic heterocycles. The fourth-order valence-electron chi connectivity index (χ4n) is 3.16. The zero-order valence-corrected chi connectivity index (χ0v) is 18.1. The van der Waals surface area contributed by atoms with Crippen LogP contribution in [0, 0.1) is 12.4 Å². The number of hydrogen-bond donors (Lipinski definition) is 0. The van der Waals surface area contributed by atoms with Crippen LogP contribution in [0.5, 0.6) is 0 Å². The van der Waals surface area contributed by atoms with Gasteiger partial charge in [0.05, 0.1) is 6.20 Å². The second-order valence-electron chi connectivity index (χ2n) is 7.52. The van der Waals surface area contributed by atoms with Crippen LogP contribution in [-0.4, -0.2) is 4.98 Å². The van der Waals surface area contributed by atoms with Gasteiger partial charge in [0.1, 0.15) is 0 Å². The van der Waals surface area contributed by atoms with Gasteiger partial charge in [0.2, 0.25) is 0 Å². The molecule has 2 nitrogen and oxygen atoms in total. The SMILES string of the molecule is CC(C)(C)c1cn[c-][n+](C2=[C-]/C=C\c3ccccc3-c3ccccc32)c1.[Ir]. The Balaban J connectivity index is 0.00000210. The molecule has 0 amide bonds. The molecule has 2 aromatic carbocycles. The Morgan fingerprint density at radius 1 is 0.889 bits per heavy atom. The van der Waals surface area contributed by atoms with Crippen molar-refractivity contribution in [2.24, 2.45) is 0 Å². The molecule has 1 radical (unpaired) electrons. The van der Waals surface area contributed by atoms with Crippen LogP contribution in [0.15, 0.2) is 67.0 Å². The van der Waals surface area contributed by atoms with Crippen LogP contribution in [0.1, 0.15) is 37.5 Å². The van der Waals surface area contributed by atoms with E-state index in [2.05, 4.69) is 99.0 Å². The molecule has 1 aromatic heterocycles. The number of rotatable bonds is 1. The van der Waals surface area contributed by atoms with Crippen LogP contribution in [0.3, 0.4) is 0 Å². The fourth-order valence-corrected chi connectivity index (χ4v) is 3.16. The topological polar surface area (TPSA) is 16.8 Å². The molecule has 1 heterocycles. The third-order valence-corrected chi connectivity index (χ3v) is 4.66. The van der Waals surface area contributed by atoms with Crippen LogP contribution in [0.4, 0.5) is 0 Å². The summed E-state index contributed by atoms with van der Waals surface area (Å²) in [4.78, 5) is 4.35. The quantitative estimate of drug-likeness (QED) is 0.325. The van der Waals surface area contributed by atoms with Crippen LogP contribution in [0.25, 0.3) is 22.9 Å². The normalized spacial score (nSPS) is 14.0. The van der Waals surface area contributed by atoms with Crippen molar-refractivity contribution < 1.29 is 24.7 Å². The van der Waals surface area contributed by atoms with E-state index in [1.54, 1.807) is 0 Å². The molecular weight excluding hydrogens is 508 g/mol. The molecule has 0 unspecified atom stereocenters. The largest absolute Gasteiger partial charge is 0.340 e. The molecule has 1 aliphatic rings. The van der Waals surface area contributed by atoms with Gasteiger partial charge in [0.15, 0.2) is 0 Å². The van der Waals surface area contributed by atoms with Crippen molar-refractivity contribution in [3.05, 3.63) is 96.1 Å². The van der Waals surface area contributed by atoms with Gasteiger partial charge in [-0.2, -0.15) is 18.2 Å². The van der Waals surface area contributed by atoms with E-state index in [9.17, 15) is 0 Å². The molecule has 0 spiro atoms. The zero-order chi connectivity index (χ0) is 18.1. The monoisotopic (exact) mass is 530 g/mol. The number of benzene rings is 2. The van der Waals surface area contributed by atoms with E-state index in [1.165, 1.54) is 16.7 Å². The van der Waals surface area contributed by atoms with Gasteiger partial charge in [-0.05, 0) is 16.5 Å². The van der Waals surface area contributed by atoms with Gasteiger partial charge in [0, 0.05) is 26.3 Å². The van der Waals surface area contributed by atoms with E-state index in [4.69, 9.17) is 0 Å². The maximum Gasteiger partial charge on any atom is 0.286 e. The average molecular weight is 530 g/mol. The van der Waals surface area contributed by atoms with Gasteiger partial charge in [0.25, 0.3) is 6.33 Å². The number of fused-ring (bicyclic) bond motifs is 3. The molecule has 4 rings (SSSR count). The van der Waals surface area contributed by atoms with Crippen molar-refractivity contribution in [2.75, 3.05) is 0 Å². The molecule has 0 fully saturated rings. The number of allylic oxidation sites excluding steroid dienone is 2. The van der Waals surface area contributed by atoms with Gasteiger partial charge in [-0.1, -0.05) is 80.1 Å². The minimum atomic E-state index is 0. The third kappa shape index (κ3) is 3.85. The summed E-state index contributed by atoms with van der Waals surface area (Å²) in [6.45, 7) is 6.57. The van der Waals surface area contributed by atoms with Gasteiger partial charge < -0.3 is 4.57 Å². The number of aromatic nitrogens is 2. The Hall–Kier alpha value is -2.35. The molecule has 0 N–H and O–H groups in total. The third-order valence-electron chi connectivity index (χ3n) is 4.66. The Morgan fingerprint density at radius 3 is 2.30 bits per heavy atom. The Labute approximate surface area is 174 Å². The van der Waals surface area contributed by atoms with Crippen molar-refractivity contribution in [3.8, 4) is 11.1 Å². The van der Waals surface area contributed by atoms with Crippen LogP contribution >= 0.6 is 0 Å². The average Bonchev–Trinajstić information content (AvgIpc) is 2.63. The predicted octanol–water partition coefficient (Wildman–Crippen LogP) is 4.85. The summed E-state index contributed by atoms with van der Waals surface area (Å²) in [6.07, 6.45) is 14.6. The predicted molar refractivity (Wildman–Crippen MR) is 105 cm³/mol. The van der Waals surface area contributed by atoms with Gasteiger partial charge in [-0.15, -0.1) is 16.6 Å². The minimum Gasteiger partial charge on any atom is -0.340 e. The van der Waals surface area contributed by atoms with Gasteiger partial charge in [-0.3, -0.25) is 0 Å². The second kappa shape index (κ2) is 7.72. The first kappa shape index (κ1) is 19.4. The molecule has 3 heteroatoms. The summed E-state index contributed by atoms with van der Waals surface area (Å²) in [5.74, 6) is 0. The van der Waals surface area contributed by atoms with Crippen molar-refractivity contribution in [1.29, 1.82) is 0 Å². The first-order valence-electron chi connectivity index (χ1n) is 8.83. The van der Waals surface area contributed by atoms with Crippen molar-refractivity contribution >= 4 is 11.8 Å². The van der Waals surface area contributed by atoms with E-state index >= 15 is 0 Å². The molecule has 27 heavy (non-hydrogen) atoms. The van der Waals surface area contributed by atoms with E-state index in [-0.39, 0.29) is 25.5 Å². The minimum absolute atomic E-state index is 0. The summed E-state index contributed by atoms with van der Waals surface area (Å²) in [5, 5.41) is 0. The summed E-state index contributed by atoms with van der Waals surface area (Å²) in [5.41, 5.74) is 6.87. The number of nitrogens with zero attached hydrogens (tertiary/aromatic N) is 2. The standard InChI is InChI=1S/C24H21N2.Ir/c1-24(2,3)19-15-25-17-26(16-19)23-14-8-10-18-9-4-5-11-20(18)21-12-6-7-13-22(21)23;/h4-13,15-16H,1-3H3;/q-1;/b10-8-,18-10?,21-20?,23-22?;. The Kier molecular flexibility index (Phi) is 5.55. The maximum atomic E-state index is 4.35. The first-order valence-corrected chi connectivity index (χ1v) is 8.83. The molecule has 0 saturated heterocycles. The van der Waals surface area contributed by atoms with E-state index < -0.39 is 0 Å². The van der Waals surface area contributed by atoms with E-state index in [1.807, 2.05) is 16.8 Å². The molecule has 0 saturated carbocycles. The summed E-state index contributed by atoms with van der Waals surface area (Å²) in [7, 11) is 0. The van der Waals surface area contributed by atoms with Crippen molar-refractivity contribution in [1.82, 2.24) is 4.98 Å². The second-order valence-corrected chi connectivity index (χ2v) is 7.52. The molecule has 0 bridgehead atoms. The van der Waals surface area contributed by atoms with Crippen LogP contribution < -0.4 is 4.57 Å². The Bertz CT molecular complexity index is 1030. The molecule has 137 valence electrons. The van der Waals surface area contributed by atoms with Crippen LogP contribution in [-0.2, 0) is 25.5 Å². The number of hydrogen-bond acceptors (Lipinski definition) is 1. The fraction of sp³-hybridized carbons (Fsp3) is 0.167. The van der Waals surface area contributed by atoms with Crippen LogP contribution in [0.2, 0.25) is 0 Å². The van der Waals surface area contributed by atoms with Crippen molar-refractivity contribution in [2.45, 2.75) is 26.2 Å². The summed E-state index contributed by atoms with van der Waals surface area (Å²) in [6, 6.07) is 16.9. The summed E-state index contributed by atoms with van der Waals surface area (Å²) < 4.78 is 1.96. The molecule has 0 atom stereocenters. The van der Waals surface area contributed by atoms with Crippen molar-refractivity contribution in [3.63, 3.8) is 0 Å².